The summed E-state index contributed by atoms with van der Waals surface area (Å²) in [5, 5.41) is 2.72. The van der Waals surface area contributed by atoms with Gasteiger partial charge in [-0.2, -0.15) is 0 Å². The van der Waals surface area contributed by atoms with Gasteiger partial charge in [0.15, 0.2) is 0 Å². The van der Waals surface area contributed by atoms with Gasteiger partial charge < -0.3 is 10.3 Å². The van der Waals surface area contributed by atoms with Crippen molar-refractivity contribution in [2.75, 3.05) is 6.54 Å². The lowest BCUT2D eigenvalue weighted by Crippen LogP contribution is -2.27. The number of aromatic nitrogens is 2. The number of amides is 1. The van der Waals surface area contributed by atoms with Gasteiger partial charge in [-0.1, -0.05) is 6.07 Å². The molecule has 0 unspecified atom stereocenters. The van der Waals surface area contributed by atoms with Crippen molar-refractivity contribution in [2.24, 2.45) is 0 Å². The van der Waals surface area contributed by atoms with Crippen LogP contribution in [0.1, 0.15) is 18.9 Å². The Hall–Kier alpha value is -2.17. The van der Waals surface area contributed by atoms with Gasteiger partial charge in [0.1, 0.15) is 5.78 Å². The number of H-pyrrole nitrogens is 1. The molecule has 0 aliphatic rings. The highest BCUT2D eigenvalue weighted by Crippen LogP contribution is 2.11. The van der Waals surface area contributed by atoms with Gasteiger partial charge in [0.2, 0.25) is 5.91 Å². The first-order chi connectivity index (χ1) is 8.65. The zero-order valence-electron chi connectivity index (χ0n) is 10.2. The van der Waals surface area contributed by atoms with Crippen LogP contribution in [0.15, 0.2) is 24.5 Å². The highest BCUT2D eigenvalue weighted by Gasteiger charge is 2.04. The number of nitrogens with zero attached hydrogens (tertiary/aromatic N) is 1. The summed E-state index contributed by atoms with van der Waals surface area (Å²) in [6.45, 7) is 1.94. The first-order valence-corrected chi connectivity index (χ1v) is 5.83. The minimum Gasteiger partial charge on any atom is -0.355 e. The Kier molecular flexibility index (Phi) is 3.72. The van der Waals surface area contributed by atoms with Gasteiger partial charge in [0.05, 0.1) is 23.8 Å². The van der Waals surface area contributed by atoms with Crippen LogP contribution in [0.5, 0.6) is 0 Å². The van der Waals surface area contributed by atoms with Crippen LogP contribution in [0, 0.1) is 0 Å². The van der Waals surface area contributed by atoms with Crippen molar-refractivity contribution in [1.82, 2.24) is 15.3 Å². The number of Topliss-reactive ketones (excluding diaryl/α,β-unsaturated/α-hetero) is 1. The molecule has 1 aromatic carbocycles. The van der Waals surface area contributed by atoms with Crippen molar-refractivity contribution in [1.29, 1.82) is 0 Å². The van der Waals surface area contributed by atoms with E-state index in [1.807, 2.05) is 18.2 Å². The van der Waals surface area contributed by atoms with Crippen LogP contribution in [0.4, 0.5) is 0 Å². The lowest BCUT2D eigenvalue weighted by Gasteiger charge is -2.04. The second-order valence-corrected chi connectivity index (χ2v) is 4.23. The molecule has 2 aromatic rings. The summed E-state index contributed by atoms with van der Waals surface area (Å²) in [5.41, 5.74) is 3.04. The van der Waals surface area contributed by atoms with E-state index in [1.54, 1.807) is 6.33 Å². The lowest BCUT2D eigenvalue weighted by atomic mass is 10.1. The molecule has 0 bridgehead atoms. The number of imidazole rings is 1. The summed E-state index contributed by atoms with van der Waals surface area (Å²) in [6, 6.07) is 5.94. The number of carbonyl (C=O) groups excluding carboxylic acids is 2. The van der Waals surface area contributed by atoms with Gasteiger partial charge in [-0.25, -0.2) is 4.98 Å². The maximum absolute atomic E-state index is 11.3. The van der Waals surface area contributed by atoms with Crippen molar-refractivity contribution < 1.29 is 9.59 Å². The van der Waals surface area contributed by atoms with Crippen LogP contribution in [-0.2, 0) is 16.0 Å². The molecule has 5 heteroatoms. The SMILES string of the molecule is CC(=O)CC(=O)NCCc1ccc2nc[nH]c2c1. The highest BCUT2D eigenvalue weighted by molar-refractivity contribution is 5.96. The Labute approximate surface area is 105 Å². The molecule has 2 N–H and O–H groups in total. The monoisotopic (exact) mass is 245 g/mol. The summed E-state index contributed by atoms with van der Waals surface area (Å²) < 4.78 is 0. The maximum Gasteiger partial charge on any atom is 0.227 e. The number of nitrogens with one attached hydrogen (secondary N) is 2. The molecule has 1 aromatic heterocycles. The zero-order valence-corrected chi connectivity index (χ0v) is 10.2. The number of ketones is 1. The van der Waals surface area contributed by atoms with Gasteiger partial charge in [-0.05, 0) is 31.0 Å². The summed E-state index contributed by atoms with van der Waals surface area (Å²) in [7, 11) is 0. The molecule has 18 heavy (non-hydrogen) atoms. The fourth-order valence-electron chi connectivity index (χ4n) is 1.77. The minimum atomic E-state index is -0.217. The molecular weight excluding hydrogens is 230 g/mol. The first kappa shape index (κ1) is 12.3. The fourth-order valence-corrected chi connectivity index (χ4v) is 1.77. The summed E-state index contributed by atoms with van der Waals surface area (Å²) >= 11 is 0. The zero-order chi connectivity index (χ0) is 13.0. The Morgan fingerprint density at radius 1 is 1.39 bits per heavy atom. The quantitative estimate of drug-likeness (QED) is 0.777. The van der Waals surface area contributed by atoms with Crippen LogP contribution < -0.4 is 5.32 Å². The van der Waals surface area contributed by atoms with E-state index in [0.717, 1.165) is 23.0 Å². The van der Waals surface area contributed by atoms with E-state index in [4.69, 9.17) is 0 Å². The van der Waals surface area contributed by atoms with Gasteiger partial charge >= 0.3 is 0 Å². The predicted molar refractivity (Wildman–Crippen MR) is 68.1 cm³/mol. The smallest absolute Gasteiger partial charge is 0.227 e. The van der Waals surface area contributed by atoms with E-state index in [1.165, 1.54) is 6.92 Å². The van der Waals surface area contributed by atoms with E-state index >= 15 is 0 Å². The summed E-state index contributed by atoms with van der Waals surface area (Å²) in [6.07, 6.45) is 2.35. The number of hydrogen-bond donors (Lipinski definition) is 2. The summed E-state index contributed by atoms with van der Waals surface area (Å²) in [5.74, 6) is -0.337. The van der Waals surface area contributed by atoms with Crippen LogP contribution in [0.3, 0.4) is 0 Å². The molecule has 0 radical (unpaired) electrons. The molecule has 0 spiro atoms. The van der Waals surface area contributed by atoms with Crippen LogP contribution in [-0.4, -0.2) is 28.2 Å². The highest BCUT2D eigenvalue weighted by atomic mass is 16.2. The van der Waals surface area contributed by atoms with E-state index in [9.17, 15) is 9.59 Å². The van der Waals surface area contributed by atoms with Crippen molar-refractivity contribution in [3.05, 3.63) is 30.1 Å². The normalized spacial score (nSPS) is 10.5. The number of hydrogen-bond acceptors (Lipinski definition) is 3. The standard InChI is InChI=1S/C13H15N3O2/c1-9(17)6-13(18)14-5-4-10-2-3-11-12(7-10)16-8-15-11/h2-3,7-8H,4-6H2,1H3,(H,14,18)(H,15,16). The van der Waals surface area contributed by atoms with Crippen LogP contribution in [0.25, 0.3) is 11.0 Å². The number of rotatable bonds is 5. The van der Waals surface area contributed by atoms with Gasteiger partial charge in [-0.15, -0.1) is 0 Å². The molecular formula is C13H15N3O2. The minimum absolute atomic E-state index is 0.0421. The number of fused-ring (bicyclic) bond motifs is 1. The number of benzene rings is 1. The van der Waals surface area contributed by atoms with Gasteiger partial charge in [-0.3, -0.25) is 9.59 Å². The van der Waals surface area contributed by atoms with Crippen LogP contribution >= 0.6 is 0 Å². The lowest BCUT2D eigenvalue weighted by molar-refractivity contribution is -0.127. The van der Waals surface area contributed by atoms with Crippen molar-refractivity contribution >= 4 is 22.7 Å². The van der Waals surface area contributed by atoms with Gasteiger partial charge in [0.25, 0.3) is 0 Å². The van der Waals surface area contributed by atoms with Gasteiger partial charge in [0, 0.05) is 6.54 Å². The maximum atomic E-state index is 11.3. The van der Waals surface area contributed by atoms with Crippen molar-refractivity contribution in [3.63, 3.8) is 0 Å². The Morgan fingerprint density at radius 2 is 2.22 bits per heavy atom. The third-order valence-corrected chi connectivity index (χ3v) is 2.63. The molecule has 0 atom stereocenters. The predicted octanol–water partition coefficient (Wildman–Crippen LogP) is 1.20. The molecule has 0 saturated carbocycles. The second-order valence-electron chi connectivity index (χ2n) is 4.23. The molecule has 0 aliphatic carbocycles. The molecule has 0 fully saturated rings. The van der Waals surface area contributed by atoms with Crippen molar-refractivity contribution in [3.8, 4) is 0 Å². The number of aromatic amines is 1. The topological polar surface area (TPSA) is 74.8 Å². The van der Waals surface area contributed by atoms with Crippen LogP contribution in [0.2, 0.25) is 0 Å². The number of carbonyl (C=O) groups is 2. The molecule has 0 saturated heterocycles. The first-order valence-electron chi connectivity index (χ1n) is 5.83. The molecule has 94 valence electrons. The Bertz CT molecular complexity index is 574. The average molecular weight is 245 g/mol. The third kappa shape index (κ3) is 3.16. The van der Waals surface area contributed by atoms with E-state index < -0.39 is 0 Å². The average Bonchev–Trinajstić information content (AvgIpc) is 2.75. The fraction of sp³-hybridized carbons (Fsp3) is 0.308. The Balaban J connectivity index is 1.86. The second kappa shape index (κ2) is 5.44. The molecule has 1 heterocycles. The molecule has 0 aliphatic heterocycles. The summed E-state index contributed by atoms with van der Waals surface area (Å²) in [4.78, 5) is 29.2. The molecule has 1 amide bonds. The molecule has 5 nitrogen and oxygen atoms in total. The molecule has 2 rings (SSSR count). The van der Waals surface area contributed by atoms with E-state index in [0.29, 0.717) is 6.54 Å². The van der Waals surface area contributed by atoms with E-state index in [2.05, 4.69) is 15.3 Å². The largest absolute Gasteiger partial charge is 0.355 e. The third-order valence-electron chi connectivity index (χ3n) is 2.63. The Morgan fingerprint density at radius 3 is 3.00 bits per heavy atom. The van der Waals surface area contributed by atoms with Crippen molar-refractivity contribution in [2.45, 2.75) is 19.8 Å². The van der Waals surface area contributed by atoms with E-state index in [-0.39, 0.29) is 18.1 Å².